The van der Waals surface area contributed by atoms with Gasteiger partial charge in [0.05, 0.1) is 13.2 Å². The molecule has 0 heterocycles. The van der Waals surface area contributed by atoms with E-state index in [1.54, 1.807) is 0 Å². The van der Waals surface area contributed by atoms with Crippen LogP contribution in [-0.4, -0.2) is 49.3 Å². The Hall–Kier alpha value is -2.55. The van der Waals surface area contributed by atoms with Crippen LogP contribution >= 0.6 is 7.82 Å². The zero-order valence-electron chi connectivity index (χ0n) is 33.2. The molecule has 0 amide bonds. The summed E-state index contributed by atoms with van der Waals surface area (Å²) in [5, 5.41) is 0. The van der Waals surface area contributed by atoms with E-state index in [1.165, 1.54) is 57.8 Å². The first kappa shape index (κ1) is 50.5. The van der Waals surface area contributed by atoms with Crippen molar-refractivity contribution >= 4 is 19.8 Å². The van der Waals surface area contributed by atoms with Crippen LogP contribution in [0.25, 0.3) is 0 Å². The highest BCUT2D eigenvalue weighted by atomic mass is 31.2. The number of carbonyl (C=O) groups is 2. The first-order valence-corrected chi connectivity index (χ1v) is 21.9. The smallest absolute Gasteiger partial charge is 0.462 e. The lowest BCUT2D eigenvalue weighted by molar-refractivity contribution is -0.161. The van der Waals surface area contributed by atoms with Crippen molar-refractivity contribution in [2.45, 2.75) is 161 Å². The molecule has 0 aliphatic heterocycles. The predicted octanol–water partition coefficient (Wildman–Crippen LogP) is 11.5. The third-order valence-electron chi connectivity index (χ3n) is 8.08. The standard InChI is InChI=1S/C43H74NO8P/c1-3-5-7-9-11-13-15-17-19-20-22-23-25-27-29-31-33-35-42(45)49-39-41(40-51-53(47,48)50-38-37-44)52-43(46)36-34-32-30-28-26-24-21-18-16-14-12-10-8-6-4-2/h5,7,11,13,17,19,22-23,26-29,41H,3-4,6,8-10,12,14-16,18,20-21,24-25,30-40,44H2,1-2H3,(H,47,48)/b7-5+,13-11+,19-17+,23-22+,28-26+,29-27+/t41-/m1/s1. The number of esters is 2. The molecule has 3 N–H and O–H groups in total. The van der Waals surface area contributed by atoms with Crippen molar-refractivity contribution in [3.8, 4) is 0 Å². The summed E-state index contributed by atoms with van der Waals surface area (Å²) < 4.78 is 32.6. The minimum Gasteiger partial charge on any atom is -0.462 e. The van der Waals surface area contributed by atoms with E-state index in [-0.39, 0.29) is 32.6 Å². The van der Waals surface area contributed by atoms with Crippen molar-refractivity contribution in [2.75, 3.05) is 26.4 Å². The fourth-order valence-electron chi connectivity index (χ4n) is 5.07. The van der Waals surface area contributed by atoms with E-state index >= 15 is 0 Å². The maximum absolute atomic E-state index is 12.5. The fraction of sp³-hybridized carbons (Fsp3) is 0.674. The molecule has 53 heavy (non-hydrogen) atoms. The molecule has 9 nitrogen and oxygen atoms in total. The van der Waals surface area contributed by atoms with Crippen molar-refractivity contribution in [2.24, 2.45) is 5.73 Å². The van der Waals surface area contributed by atoms with Crippen molar-refractivity contribution in [3.63, 3.8) is 0 Å². The Morgan fingerprint density at radius 3 is 1.62 bits per heavy atom. The number of hydrogen-bond donors (Lipinski definition) is 2. The van der Waals surface area contributed by atoms with Gasteiger partial charge in [0, 0.05) is 19.4 Å². The highest BCUT2D eigenvalue weighted by Crippen LogP contribution is 2.43. The number of carbonyl (C=O) groups excluding carboxylic acids is 2. The largest absolute Gasteiger partial charge is 0.472 e. The molecule has 2 atom stereocenters. The van der Waals surface area contributed by atoms with Crippen LogP contribution in [0.2, 0.25) is 0 Å². The average Bonchev–Trinajstić information content (AvgIpc) is 3.14. The molecule has 0 bridgehead atoms. The van der Waals surface area contributed by atoms with Crippen molar-refractivity contribution < 1.29 is 37.6 Å². The van der Waals surface area contributed by atoms with E-state index in [1.807, 2.05) is 6.08 Å². The number of phosphoric acid groups is 1. The monoisotopic (exact) mass is 764 g/mol. The molecule has 1 unspecified atom stereocenters. The topological polar surface area (TPSA) is 134 Å². The van der Waals surface area contributed by atoms with Crippen LogP contribution in [-0.2, 0) is 32.7 Å². The molecule has 0 fully saturated rings. The van der Waals surface area contributed by atoms with Gasteiger partial charge in [0.1, 0.15) is 6.61 Å². The van der Waals surface area contributed by atoms with Gasteiger partial charge in [-0.15, -0.1) is 0 Å². The summed E-state index contributed by atoms with van der Waals surface area (Å²) in [5.74, 6) is -0.929. The van der Waals surface area contributed by atoms with E-state index in [9.17, 15) is 19.0 Å². The number of allylic oxidation sites excluding steroid dienone is 12. The van der Waals surface area contributed by atoms with Gasteiger partial charge in [-0.1, -0.05) is 138 Å². The lowest BCUT2D eigenvalue weighted by Crippen LogP contribution is -2.29. The summed E-state index contributed by atoms with van der Waals surface area (Å²) in [5.41, 5.74) is 5.33. The lowest BCUT2D eigenvalue weighted by Gasteiger charge is -2.19. The van der Waals surface area contributed by atoms with Gasteiger partial charge in [-0.05, 0) is 77.0 Å². The van der Waals surface area contributed by atoms with E-state index in [4.69, 9.17) is 24.3 Å². The minimum absolute atomic E-state index is 0.0397. The van der Waals surface area contributed by atoms with Crippen LogP contribution in [0.4, 0.5) is 0 Å². The van der Waals surface area contributed by atoms with E-state index in [0.29, 0.717) is 12.8 Å². The minimum atomic E-state index is -4.39. The highest BCUT2D eigenvalue weighted by molar-refractivity contribution is 7.47. The number of ether oxygens (including phenoxy) is 2. The third-order valence-corrected chi connectivity index (χ3v) is 9.06. The van der Waals surface area contributed by atoms with Crippen LogP contribution in [0.5, 0.6) is 0 Å². The Kier molecular flexibility index (Phi) is 37.3. The van der Waals surface area contributed by atoms with Crippen molar-refractivity contribution in [1.29, 1.82) is 0 Å². The third kappa shape index (κ3) is 39.0. The van der Waals surface area contributed by atoms with Gasteiger partial charge in [-0.2, -0.15) is 0 Å². The second-order valence-electron chi connectivity index (χ2n) is 13.1. The summed E-state index contributed by atoms with van der Waals surface area (Å²) >= 11 is 0. The van der Waals surface area contributed by atoms with Crippen molar-refractivity contribution in [3.05, 3.63) is 72.9 Å². The Labute approximate surface area is 322 Å². The van der Waals surface area contributed by atoms with Crippen LogP contribution < -0.4 is 5.73 Å². The Morgan fingerprint density at radius 2 is 1.06 bits per heavy atom. The van der Waals surface area contributed by atoms with Gasteiger partial charge in [0.15, 0.2) is 6.10 Å². The van der Waals surface area contributed by atoms with Crippen LogP contribution in [0.15, 0.2) is 72.9 Å². The number of rotatable bonds is 37. The molecule has 0 rings (SSSR count). The molecule has 304 valence electrons. The summed E-state index contributed by atoms with van der Waals surface area (Å²) in [6.45, 7) is 3.51. The number of hydrogen-bond acceptors (Lipinski definition) is 8. The summed E-state index contributed by atoms with van der Waals surface area (Å²) in [6, 6.07) is 0. The number of unbranched alkanes of at least 4 members (excludes halogenated alkanes) is 12. The molecule has 0 aromatic rings. The lowest BCUT2D eigenvalue weighted by atomic mass is 10.1. The molecular weight excluding hydrogens is 689 g/mol. The Morgan fingerprint density at radius 1 is 0.585 bits per heavy atom. The van der Waals surface area contributed by atoms with Crippen LogP contribution in [0, 0.1) is 0 Å². The molecule has 0 aliphatic rings. The fourth-order valence-corrected chi connectivity index (χ4v) is 5.84. The summed E-state index contributed by atoms with van der Waals surface area (Å²) in [4.78, 5) is 34.8. The first-order valence-electron chi connectivity index (χ1n) is 20.4. The second-order valence-corrected chi connectivity index (χ2v) is 14.6. The zero-order chi connectivity index (χ0) is 38.9. The molecule has 0 aliphatic carbocycles. The van der Waals surface area contributed by atoms with Crippen LogP contribution in [0.3, 0.4) is 0 Å². The van der Waals surface area contributed by atoms with Crippen LogP contribution in [0.1, 0.15) is 155 Å². The molecular formula is C43H74NO8P. The second kappa shape index (κ2) is 39.2. The SMILES string of the molecule is CC/C=C/C/C=C/C/C=C/C/C=C/C/C=C/CCCC(=O)OC[C@H](COP(=O)(O)OCCN)OC(=O)CCCC/C=C/CCCCCCCCCCC. The molecule has 0 spiro atoms. The van der Waals surface area contributed by atoms with Gasteiger partial charge >= 0.3 is 19.8 Å². The van der Waals surface area contributed by atoms with Gasteiger partial charge in [0.2, 0.25) is 0 Å². The van der Waals surface area contributed by atoms with Gasteiger partial charge in [0.25, 0.3) is 0 Å². The maximum Gasteiger partial charge on any atom is 0.472 e. The zero-order valence-corrected chi connectivity index (χ0v) is 34.1. The molecule has 0 aromatic carbocycles. The Balaban J connectivity index is 4.33. The van der Waals surface area contributed by atoms with Gasteiger partial charge in [-0.3, -0.25) is 18.6 Å². The molecule has 0 saturated heterocycles. The molecule has 0 aromatic heterocycles. The number of phosphoric ester groups is 1. The predicted molar refractivity (Wildman–Crippen MR) is 219 cm³/mol. The summed E-state index contributed by atoms with van der Waals surface area (Å²) in [7, 11) is -4.39. The molecule has 0 radical (unpaired) electrons. The normalized spacial score (nSPS) is 14.1. The number of nitrogens with two attached hydrogens (primary N) is 1. The quantitative estimate of drug-likeness (QED) is 0.0274. The van der Waals surface area contributed by atoms with Gasteiger partial charge < -0.3 is 20.1 Å². The van der Waals surface area contributed by atoms with E-state index in [2.05, 4.69) is 80.7 Å². The molecule has 0 saturated carbocycles. The van der Waals surface area contributed by atoms with E-state index < -0.39 is 32.5 Å². The van der Waals surface area contributed by atoms with Gasteiger partial charge in [-0.25, -0.2) is 4.57 Å². The molecule has 10 heteroatoms. The Bertz CT molecular complexity index is 1100. The van der Waals surface area contributed by atoms with E-state index in [0.717, 1.165) is 57.8 Å². The highest BCUT2D eigenvalue weighted by Gasteiger charge is 2.25. The van der Waals surface area contributed by atoms with Crippen molar-refractivity contribution in [1.82, 2.24) is 0 Å². The maximum atomic E-state index is 12.5. The summed E-state index contributed by atoms with van der Waals surface area (Å²) in [6.07, 6.45) is 46.6. The first-order chi connectivity index (χ1) is 25.8. The average molecular weight is 764 g/mol.